The second-order valence-corrected chi connectivity index (χ2v) is 2.16. The van der Waals surface area contributed by atoms with E-state index in [1.165, 1.54) is 0 Å². The highest BCUT2D eigenvalue weighted by atomic mass is 16.5. The van der Waals surface area contributed by atoms with Gasteiger partial charge >= 0.3 is 0 Å². The Balaban J connectivity index is 2.41. The zero-order valence-corrected chi connectivity index (χ0v) is 5.26. The molecule has 3 nitrogen and oxygen atoms in total. The Hall–Kier alpha value is -0.590. The quantitative estimate of drug-likeness (QED) is 0.405. The summed E-state index contributed by atoms with van der Waals surface area (Å²) < 4.78 is 5.06. The first-order valence-electron chi connectivity index (χ1n) is 2.99. The van der Waals surface area contributed by atoms with Crippen molar-refractivity contribution in [1.82, 2.24) is 0 Å². The molecular weight excluding hydrogens is 116 g/mol. The number of nitrogens with one attached hydrogen (secondary N) is 1. The van der Waals surface area contributed by atoms with Gasteiger partial charge in [-0.1, -0.05) is 0 Å². The topological polar surface area (TPSA) is 37.5 Å². The van der Waals surface area contributed by atoms with Gasteiger partial charge in [0.2, 0.25) is 0 Å². The molecule has 50 valence electrons. The Kier molecular flexibility index (Phi) is 2.04. The molecule has 0 aliphatic carbocycles. The molecule has 0 amide bonds. The lowest BCUT2D eigenvalue weighted by Crippen LogP contribution is -3.13. The largest absolute Gasteiger partial charge is 0.450 e. The van der Waals surface area contributed by atoms with E-state index in [-0.39, 0.29) is 6.04 Å². The predicted molar refractivity (Wildman–Crippen MR) is 31.4 cm³/mol. The first kappa shape index (κ1) is 6.53. The van der Waals surface area contributed by atoms with Gasteiger partial charge in [-0.25, -0.2) is 0 Å². The minimum atomic E-state index is -0.0567. The minimum absolute atomic E-state index is 0.0567. The fraction of sp³-hybridized carbons (Fsp3) is 0.667. The number of hydrogen-bond donors (Lipinski definition) is 1. The number of rotatable bonds is 0. The smallest absolute Gasteiger partial charge is 0.174 e. The van der Waals surface area contributed by atoms with Gasteiger partial charge in [-0.15, -0.1) is 7.05 Å². The van der Waals surface area contributed by atoms with Gasteiger partial charge in [-0.3, -0.25) is 0 Å². The highest BCUT2D eigenvalue weighted by molar-refractivity contribution is 4.83. The predicted octanol–water partition coefficient (Wildman–Crippen LogP) is -1.41. The SMILES string of the molecule is [CH2-][NH+]1CCOCC1C#N. The van der Waals surface area contributed by atoms with Gasteiger partial charge in [0.15, 0.2) is 6.04 Å². The number of hydrogen-bond acceptors (Lipinski definition) is 2. The maximum Gasteiger partial charge on any atom is 0.174 e. The van der Waals surface area contributed by atoms with Crippen LogP contribution in [0, 0.1) is 18.4 Å². The number of nitrogens with zero attached hydrogens (tertiary/aromatic N) is 1. The molecule has 0 radical (unpaired) electrons. The number of quaternary nitrogens is 1. The molecule has 1 N–H and O–H groups in total. The van der Waals surface area contributed by atoms with Gasteiger partial charge in [0.05, 0.1) is 13.2 Å². The van der Waals surface area contributed by atoms with Crippen LogP contribution in [0.3, 0.4) is 0 Å². The Labute approximate surface area is 54.8 Å². The van der Waals surface area contributed by atoms with E-state index in [1.807, 2.05) is 0 Å². The Morgan fingerprint density at radius 2 is 2.56 bits per heavy atom. The molecule has 0 bridgehead atoms. The molecule has 0 aromatic heterocycles. The summed E-state index contributed by atoms with van der Waals surface area (Å²) >= 11 is 0. The van der Waals surface area contributed by atoms with Crippen LogP contribution in [-0.2, 0) is 4.74 Å². The van der Waals surface area contributed by atoms with Gasteiger partial charge in [0.1, 0.15) is 12.7 Å². The highest BCUT2D eigenvalue weighted by Crippen LogP contribution is 1.83. The van der Waals surface area contributed by atoms with E-state index in [0.717, 1.165) is 18.1 Å². The van der Waals surface area contributed by atoms with Crippen molar-refractivity contribution < 1.29 is 9.64 Å². The van der Waals surface area contributed by atoms with Crippen molar-refractivity contribution in [3.8, 4) is 6.07 Å². The summed E-state index contributed by atoms with van der Waals surface area (Å²) in [6, 6.07) is 2.07. The second-order valence-electron chi connectivity index (χ2n) is 2.16. The Morgan fingerprint density at radius 3 is 3.00 bits per heavy atom. The lowest BCUT2D eigenvalue weighted by Gasteiger charge is -2.29. The molecule has 2 unspecified atom stereocenters. The molecule has 1 aliphatic heterocycles. The fourth-order valence-corrected chi connectivity index (χ4v) is 0.825. The van der Waals surface area contributed by atoms with Crippen LogP contribution in [0.25, 0.3) is 0 Å². The van der Waals surface area contributed by atoms with Crippen LogP contribution >= 0.6 is 0 Å². The number of ether oxygens (including phenoxy) is 1. The van der Waals surface area contributed by atoms with Crippen LogP contribution in [0.2, 0.25) is 0 Å². The van der Waals surface area contributed by atoms with Crippen molar-refractivity contribution in [3.63, 3.8) is 0 Å². The normalized spacial score (nSPS) is 35.6. The van der Waals surface area contributed by atoms with E-state index in [4.69, 9.17) is 10.00 Å². The molecule has 1 fully saturated rings. The van der Waals surface area contributed by atoms with Crippen LogP contribution in [-0.4, -0.2) is 25.8 Å². The summed E-state index contributed by atoms with van der Waals surface area (Å²) in [5.41, 5.74) is 0. The average molecular weight is 126 g/mol. The van der Waals surface area contributed by atoms with E-state index >= 15 is 0 Å². The van der Waals surface area contributed by atoms with Crippen molar-refractivity contribution in [1.29, 1.82) is 5.26 Å². The summed E-state index contributed by atoms with van der Waals surface area (Å²) in [4.78, 5) is 1.02. The third kappa shape index (κ3) is 1.41. The first-order valence-corrected chi connectivity index (χ1v) is 2.99. The van der Waals surface area contributed by atoms with Gasteiger partial charge < -0.3 is 9.64 Å². The van der Waals surface area contributed by atoms with Gasteiger partial charge in [-0.2, -0.15) is 5.26 Å². The number of nitriles is 1. The third-order valence-electron chi connectivity index (χ3n) is 1.50. The van der Waals surface area contributed by atoms with E-state index in [0.29, 0.717) is 6.61 Å². The molecule has 9 heavy (non-hydrogen) atoms. The monoisotopic (exact) mass is 126 g/mol. The molecule has 3 heteroatoms. The van der Waals surface area contributed by atoms with E-state index in [1.54, 1.807) is 0 Å². The summed E-state index contributed by atoms with van der Waals surface area (Å²) in [5.74, 6) is 0. The molecule has 0 spiro atoms. The van der Waals surface area contributed by atoms with Crippen LogP contribution in [0.15, 0.2) is 0 Å². The van der Waals surface area contributed by atoms with Crippen molar-refractivity contribution in [2.75, 3.05) is 19.8 Å². The van der Waals surface area contributed by atoms with E-state index < -0.39 is 0 Å². The van der Waals surface area contributed by atoms with Crippen LogP contribution < -0.4 is 4.90 Å². The summed E-state index contributed by atoms with van der Waals surface area (Å²) in [5, 5.41) is 8.47. The molecule has 1 aliphatic rings. The zero-order valence-electron chi connectivity index (χ0n) is 5.26. The molecule has 2 atom stereocenters. The highest BCUT2D eigenvalue weighted by Gasteiger charge is 2.17. The molecule has 1 heterocycles. The van der Waals surface area contributed by atoms with Crippen molar-refractivity contribution in [2.45, 2.75) is 6.04 Å². The third-order valence-corrected chi connectivity index (χ3v) is 1.50. The fourth-order valence-electron chi connectivity index (χ4n) is 0.825. The second kappa shape index (κ2) is 2.81. The van der Waals surface area contributed by atoms with Gasteiger partial charge in [0, 0.05) is 0 Å². The molecule has 0 aromatic rings. The first-order chi connectivity index (χ1) is 4.34. The molecule has 0 aromatic carbocycles. The Bertz CT molecular complexity index is 130. The molecule has 1 saturated heterocycles. The molecule has 0 saturated carbocycles. The van der Waals surface area contributed by atoms with Crippen molar-refractivity contribution in [2.24, 2.45) is 0 Å². The average Bonchev–Trinajstić information content (AvgIpc) is 1.89. The molecular formula is C6H10N2O. The van der Waals surface area contributed by atoms with Gasteiger partial charge in [-0.05, 0) is 0 Å². The van der Waals surface area contributed by atoms with E-state index in [2.05, 4.69) is 13.1 Å². The lowest BCUT2D eigenvalue weighted by atomic mass is 10.3. The molecule has 1 rings (SSSR count). The summed E-state index contributed by atoms with van der Waals surface area (Å²) in [6.07, 6.45) is 0. The van der Waals surface area contributed by atoms with Gasteiger partial charge in [0.25, 0.3) is 0 Å². The van der Waals surface area contributed by atoms with Crippen LogP contribution in [0.4, 0.5) is 0 Å². The van der Waals surface area contributed by atoms with E-state index in [9.17, 15) is 0 Å². The lowest BCUT2D eigenvalue weighted by molar-refractivity contribution is -0.881. The standard InChI is InChI=1S/C6H10N2O/c1-8-2-3-9-5-6(8)4-7/h6,8H,1-3,5H2. The van der Waals surface area contributed by atoms with Crippen molar-refractivity contribution in [3.05, 3.63) is 7.05 Å². The summed E-state index contributed by atoms with van der Waals surface area (Å²) in [6.45, 7) is 2.12. The maximum absolute atomic E-state index is 8.47. The van der Waals surface area contributed by atoms with Crippen molar-refractivity contribution >= 4 is 0 Å². The maximum atomic E-state index is 8.47. The Morgan fingerprint density at radius 1 is 1.78 bits per heavy atom. The summed E-state index contributed by atoms with van der Waals surface area (Å²) in [7, 11) is 3.76. The zero-order chi connectivity index (χ0) is 6.69. The van der Waals surface area contributed by atoms with Crippen LogP contribution in [0.1, 0.15) is 0 Å². The minimum Gasteiger partial charge on any atom is -0.450 e. The van der Waals surface area contributed by atoms with Crippen LogP contribution in [0.5, 0.6) is 0 Å². The number of morpholine rings is 1.